The van der Waals surface area contributed by atoms with Crippen LogP contribution in [0.5, 0.6) is 11.5 Å². The summed E-state index contributed by atoms with van der Waals surface area (Å²) in [5, 5.41) is 3.39. The molecule has 2 N–H and O–H groups in total. The van der Waals surface area contributed by atoms with Gasteiger partial charge in [-0.3, -0.25) is 0 Å². The molecular formula is C12H11F3N2O3. The molecule has 2 aromatic rings. The molecule has 108 valence electrons. The van der Waals surface area contributed by atoms with Crippen LogP contribution in [0.15, 0.2) is 22.7 Å². The van der Waals surface area contributed by atoms with Gasteiger partial charge < -0.3 is 19.7 Å². The van der Waals surface area contributed by atoms with Crippen LogP contribution in [-0.2, 0) is 6.18 Å². The van der Waals surface area contributed by atoms with Crippen LogP contribution in [0.2, 0.25) is 0 Å². The molecule has 8 heteroatoms. The van der Waals surface area contributed by atoms with E-state index < -0.39 is 11.7 Å². The summed E-state index contributed by atoms with van der Waals surface area (Å²) in [4.78, 5) is 0. The molecule has 0 aliphatic rings. The lowest BCUT2D eigenvalue weighted by Gasteiger charge is -2.16. The number of aromatic nitrogens is 1. The van der Waals surface area contributed by atoms with E-state index in [1.807, 2.05) is 0 Å². The topological polar surface area (TPSA) is 70.5 Å². The number of benzene rings is 1. The molecule has 0 fully saturated rings. The van der Waals surface area contributed by atoms with Crippen LogP contribution in [0.3, 0.4) is 0 Å². The number of rotatable bonds is 3. The smallest absolute Gasteiger partial charge is 0.417 e. The molecule has 0 saturated heterocycles. The lowest BCUT2D eigenvalue weighted by atomic mass is 10.0. The van der Waals surface area contributed by atoms with Gasteiger partial charge in [0.25, 0.3) is 0 Å². The summed E-state index contributed by atoms with van der Waals surface area (Å²) in [6.45, 7) is 0. The molecule has 1 aromatic heterocycles. The average Bonchev–Trinajstić information content (AvgIpc) is 2.82. The van der Waals surface area contributed by atoms with E-state index in [1.165, 1.54) is 26.4 Å². The van der Waals surface area contributed by atoms with Crippen LogP contribution < -0.4 is 15.2 Å². The third-order valence-corrected chi connectivity index (χ3v) is 2.63. The lowest BCUT2D eigenvalue weighted by molar-refractivity contribution is -0.137. The maximum absolute atomic E-state index is 13.1. The zero-order chi connectivity index (χ0) is 14.9. The number of nitrogens with two attached hydrogens (primary N) is 1. The van der Waals surface area contributed by atoms with Crippen molar-refractivity contribution < 1.29 is 27.2 Å². The average molecular weight is 288 g/mol. The minimum Gasteiger partial charge on any atom is -0.493 e. The van der Waals surface area contributed by atoms with Gasteiger partial charge in [-0.05, 0) is 12.1 Å². The molecule has 0 spiro atoms. The number of nitrogens with zero attached hydrogens (tertiary/aromatic N) is 1. The Balaban J connectivity index is 2.78. The SMILES string of the molecule is COc1ccc(C(F)(F)F)c(-c2cc(N)no2)c1OC. The lowest BCUT2D eigenvalue weighted by Crippen LogP contribution is -2.08. The monoisotopic (exact) mass is 288 g/mol. The minimum absolute atomic E-state index is 0.0296. The fraction of sp³-hybridized carbons (Fsp3) is 0.250. The molecule has 2 rings (SSSR count). The maximum atomic E-state index is 13.1. The molecule has 20 heavy (non-hydrogen) atoms. The van der Waals surface area contributed by atoms with E-state index in [2.05, 4.69) is 5.16 Å². The highest BCUT2D eigenvalue weighted by molar-refractivity contribution is 5.75. The second-order valence-corrected chi connectivity index (χ2v) is 3.84. The van der Waals surface area contributed by atoms with E-state index in [0.29, 0.717) is 0 Å². The second-order valence-electron chi connectivity index (χ2n) is 3.84. The second kappa shape index (κ2) is 4.95. The molecule has 1 heterocycles. The number of nitrogen functional groups attached to an aromatic ring is 1. The molecule has 0 bridgehead atoms. The highest BCUT2D eigenvalue weighted by Gasteiger charge is 2.37. The maximum Gasteiger partial charge on any atom is 0.417 e. The van der Waals surface area contributed by atoms with Crippen molar-refractivity contribution in [2.24, 2.45) is 0 Å². The summed E-state index contributed by atoms with van der Waals surface area (Å²) in [5.41, 5.74) is 4.15. The number of ether oxygens (including phenoxy) is 2. The van der Waals surface area contributed by atoms with Crippen LogP contribution in [0.1, 0.15) is 5.56 Å². The van der Waals surface area contributed by atoms with Gasteiger partial charge in [-0.25, -0.2) is 0 Å². The fourth-order valence-corrected chi connectivity index (χ4v) is 1.81. The Bertz CT molecular complexity index is 623. The molecule has 0 unspecified atom stereocenters. The van der Waals surface area contributed by atoms with E-state index in [-0.39, 0.29) is 28.6 Å². The Morgan fingerprint density at radius 1 is 1.20 bits per heavy atom. The molecule has 5 nitrogen and oxygen atoms in total. The van der Waals surface area contributed by atoms with E-state index in [1.54, 1.807) is 0 Å². The predicted octanol–water partition coefficient (Wildman–Crippen LogP) is 2.96. The number of hydrogen-bond acceptors (Lipinski definition) is 5. The van der Waals surface area contributed by atoms with Crippen LogP contribution in [0, 0.1) is 0 Å². The standard InChI is InChI=1S/C12H11F3N2O3/c1-18-7-4-3-6(12(13,14)15)10(11(7)19-2)8-5-9(16)17-20-8/h3-5H,1-2H3,(H2,16,17). The van der Waals surface area contributed by atoms with Crippen molar-refractivity contribution in [3.63, 3.8) is 0 Å². The number of methoxy groups -OCH3 is 2. The van der Waals surface area contributed by atoms with Crippen molar-refractivity contribution in [3.05, 3.63) is 23.8 Å². The molecule has 0 atom stereocenters. The third kappa shape index (κ3) is 2.36. The van der Waals surface area contributed by atoms with Gasteiger partial charge in [0.05, 0.1) is 25.3 Å². The zero-order valence-electron chi connectivity index (χ0n) is 10.6. The molecule has 0 aliphatic carbocycles. The molecule has 0 aliphatic heterocycles. The van der Waals surface area contributed by atoms with Crippen LogP contribution in [0.4, 0.5) is 19.0 Å². The largest absolute Gasteiger partial charge is 0.493 e. The Kier molecular flexibility index (Phi) is 3.47. The Morgan fingerprint density at radius 2 is 1.90 bits per heavy atom. The summed E-state index contributed by atoms with van der Waals surface area (Å²) in [6.07, 6.45) is -4.59. The van der Waals surface area contributed by atoms with E-state index in [0.717, 1.165) is 6.07 Å². The normalized spacial score (nSPS) is 11.4. The highest BCUT2D eigenvalue weighted by atomic mass is 19.4. The Morgan fingerprint density at radius 3 is 2.35 bits per heavy atom. The first-order valence-corrected chi connectivity index (χ1v) is 5.43. The predicted molar refractivity (Wildman–Crippen MR) is 64.5 cm³/mol. The quantitative estimate of drug-likeness (QED) is 0.940. The van der Waals surface area contributed by atoms with Crippen LogP contribution >= 0.6 is 0 Å². The van der Waals surface area contributed by atoms with Gasteiger partial charge >= 0.3 is 6.18 Å². The number of alkyl halides is 3. The summed E-state index contributed by atoms with van der Waals surface area (Å²) < 4.78 is 54.1. The number of anilines is 1. The molecule has 0 radical (unpaired) electrons. The summed E-state index contributed by atoms with van der Waals surface area (Å²) in [7, 11) is 2.56. The van der Waals surface area contributed by atoms with Gasteiger partial charge in [-0.2, -0.15) is 13.2 Å². The first-order valence-electron chi connectivity index (χ1n) is 5.43. The molecular weight excluding hydrogens is 277 g/mol. The third-order valence-electron chi connectivity index (χ3n) is 2.63. The fourth-order valence-electron chi connectivity index (χ4n) is 1.81. The zero-order valence-corrected chi connectivity index (χ0v) is 10.6. The number of hydrogen-bond donors (Lipinski definition) is 1. The first kappa shape index (κ1) is 14.0. The highest BCUT2D eigenvalue weighted by Crippen LogP contribution is 2.46. The summed E-state index contributed by atoms with van der Waals surface area (Å²) >= 11 is 0. The van der Waals surface area contributed by atoms with Gasteiger partial charge in [0.1, 0.15) is 0 Å². The van der Waals surface area contributed by atoms with Gasteiger partial charge in [0.2, 0.25) is 0 Å². The van der Waals surface area contributed by atoms with Crippen LogP contribution in [0.25, 0.3) is 11.3 Å². The van der Waals surface area contributed by atoms with Crippen molar-refractivity contribution in [2.75, 3.05) is 20.0 Å². The van der Waals surface area contributed by atoms with Crippen molar-refractivity contribution in [1.29, 1.82) is 0 Å². The first-order chi connectivity index (χ1) is 9.38. The van der Waals surface area contributed by atoms with Crippen molar-refractivity contribution in [2.45, 2.75) is 6.18 Å². The van der Waals surface area contributed by atoms with Gasteiger partial charge in [0, 0.05) is 6.07 Å². The van der Waals surface area contributed by atoms with Crippen molar-refractivity contribution in [3.8, 4) is 22.8 Å². The Labute approximate surface area is 112 Å². The van der Waals surface area contributed by atoms with Crippen LogP contribution in [-0.4, -0.2) is 19.4 Å². The van der Waals surface area contributed by atoms with Gasteiger partial charge in [0.15, 0.2) is 23.1 Å². The van der Waals surface area contributed by atoms with Gasteiger partial charge in [-0.15, -0.1) is 0 Å². The Hall–Kier alpha value is -2.38. The van der Waals surface area contributed by atoms with Crippen molar-refractivity contribution >= 4 is 5.82 Å². The van der Waals surface area contributed by atoms with Gasteiger partial charge in [-0.1, -0.05) is 5.16 Å². The molecule has 0 saturated carbocycles. The van der Waals surface area contributed by atoms with E-state index in [4.69, 9.17) is 19.7 Å². The number of halogens is 3. The van der Waals surface area contributed by atoms with E-state index in [9.17, 15) is 13.2 Å². The van der Waals surface area contributed by atoms with E-state index >= 15 is 0 Å². The molecule has 0 amide bonds. The summed E-state index contributed by atoms with van der Waals surface area (Å²) in [6, 6.07) is 3.24. The molecule has 1 aromatic carbocycles. The van der Waals surface area contributed by atoms with Crippen molar-refractivity contribution in [1.82, 2.24) is 5.16 Å². The summed E-state index contributed by atoms with van der Waals surface area (Å²) in [5.74, 6) is -0.132. The minimum atomic E-state index is -4.59.